The maximum atomic E-state index is 3.51. The third-order valence-corrected chi connectivity index (χ3v) is 2.76. The van der Waals surface area contributed by atoms with Gasteiger partial charge in [0.1, 0.15) is 0 Å². The average molecular weight is 256 g/mol. The summed E-state index contributed by atoms with van der Waals surface area (Å²) < 4.78 is 1.13. The molecule has 14 heavy (non-hydrogen) atoms. The van der Waals surface area contributed by atoms with Gasteiger partial charge < -0.3 is 5.32 Å². The molecule has 0 aliphatic rings. The zero-order valence-electron chi connectivity index (χ0n) is 9.10. The molecule has 1 N–H and O–H groups in total. The van der Waals surface area contributed by atoms with E-state index in [1.165, 1.54) is 12.1 Å². The van der Waals surface area contributed by atoms with E-state index < -0.39 is 0 Å². The monoisotopic (exact) mass is 255 g/mol. The number of halogens is 1. The lowest BCUT2D eigenvalue weighted by molar-refractivity contribution is 0.390. The highest BCUT2D eigenvalue weighted by atomic mass is 79.9. The van der Waals surface area contributed by atoms with Crippen LogP contribution >= 0.6 is 15.9 Å². The van der Waals surface area contributed by atoms with Gasteiger partial charge in [0.2, 0.25) is 0 Å². The Morgan fingerprint density at radius 1 is 1.21 bits per heavy atom. The van der Waals surface area contributed by atoms with Crippen LogP contribution in [0.5, 0.6) is 0 Å². The van der Waals surface area contributed by atoms with Crippen LogP contribution in [-0.2, 0) is 0 Å². The number of anilines is 1. The van der Waals surface area contributed by atoms with Crippen molar-refractivity contribution >= 4 is 21.6 Å². The predicted molar refractivity (Wildman–Crippen MR) is 66.7 cm³/mol. The number of hydrogen-bond donors (Lipinski definition) is 1. The number of hydrogen-bond acceptors (Lipinski definition) is 1. The molecular formula is C12H18BrN. The highest BCUT2D eigenvalue weighted by molar-refractivity contribution is 9.10. The van der Waals surface area contributed by atoms with Gasteiger partial charge in [0.25, 0.3) is 0 Å². The summed E-state index contributed by atoms with van der Waals surface area (Å²) >= 11 is 3.51. The molecule has 0 aliphatic carbocycles. The van der Waals surface area contributed by atoms with Crippen molar-refractivity contribution in [3.8, 4) is 0 Å². The van der Waals surface area contributed by atoms with Crippen LogP contribution in [0.3, 0.4) is 0 Å². The molecule has 0 fully saturated rings. The number of para-hydroxylation sites is 1. The lowest BCUT2D eigenvalue weighted by atomic mass is 9.92. The van der Waals surface area contributed by atoms with Crippen LogP contribution in [0.1, 0.15) is 27.2 Å². The summed E-state index contributed by atoms with van der Waals surface area (Å²) in [6, 6.07) is 8.22. The fourth-order valence-corrected chi connectivity index (χ4v) is 1.60. The van der Waals surface area contributed by atoms with Crippen LogP contribution in [0.4, 0.5) is 5.69 Å². The molecular weight excluding hydrogens is 238 g/mol. The summed E-state index contributed by atoms with van der Waals surface area (Å²) in [4.78, 5) is 0. The van der Waals surface area contributed by atoms with E-state index in [0.717, 1.165) is 11.0 Å². The topological polar surface area (TPSA) is 12.0 Å². The Hall–Kier alpha value is -0.500. The van der Waals surface area contributed by atoms with E-state index in [4.69, 9.17) is 0 Å². The summed E-state index contributed by atoms with van der Waals surface area (Å²) in [5.41, 5.74) is 1.57. The molecule has 0 atom stereocenters. The SMILES string of the molecule is CC(C)(C)CCNc1ccccc1Br. The van der Waals surface area contributed by atoms with Crippen molar-refractivity contribution < 1.29 is 0 Å². The summed E-state index contributed by atoms with van der Waals surface area (Å²) in [5, 5.41) is 3.42. The lowest BCUT2D eigenvalue weighted by Gasteiger charge is -2.18. The summed E-state index contributed by atoms with van der Waals surface area (Å²) in [7, 11) is 0. The smallest absolute Gasteiger partial charge is 0.0484 e. The minimum atomic E-state index is 0.397. The minimum absolute atomic E-state index is 0.397. The second-order valence-electron chi connectivity index (χ2n) is 4.72. The average Bonchev–Trinajstić information content (AvgIpc) is 2.06. The van der Waals surface area contributed by atoms with Crippen LogP contribution in [0.25, 0.3) is 0 Å². The number of benzene rings is 1. The van der Waals surface area contributed by atoms with Crippen LogP contribution in [0.15, 0.2) is 28.7 Å². The molecule has 0 amide bonds. The third kappa shape index (κ3) is 4.14. The molecule has 2 heteroatoms. The minimum Gasteiger partial charge on any atom is -0.384 e. The van der Waals surface area contributed by atoms with E-state index in [-0.39, 0.29) is 0 Å². The van der Waals surface area contributed by atoms with Gasteiger partial charge in [0.15, 0.2) is 0 Å². The molecule has 0 radical (unpaired) electrons. The molecule has 0 aliphatic heterocycles. The molecule has 1 aromatic carbocycles. The summed E-state index contributed by atoms with van der Waals surface area (Å²) in [5.74, 6) is 0. The van der Waals surface area contributed by atoms with Gasteiger partial charge in [-0.05, 0) is 39.9 Å². The van der Waals surface area contributed by atoms with Gasteiger partial charge in [0, 0.05) is 16.7 Å². The summed E-state index contributed by atoms with van der Waals surface area (Å²) in [6.07, 6.45) is 1.17. The lowest BCUT2D eigenvalue weighted by Crippen LogP contribution is -2.12. The Kier molecular flexibility index (Phi) is 3.99. The molecule has 0 spiro atoms. The number of rotatable bonds is 3. The van der Waals surface area contributed by atoms with Gasteiger partial charge in [-0.2, -0.15) is 0 Å². The zero-order valence-corrected chi connectivity index (χ0v) is 10.7. The van der Waals surface area contributed by atoms with Crippen LogP contribution in [0.2, 0.25) is 0 Å². The Morgan fingerprint density at radius 2 is 1.86 bits per heavy atom. The Labute approximate surface area is 95.0 Å². The van der Waals surface area contributed by atoms with Crippen molar-refractivity contribution in [3.05, 3.63) is 28.7 Å². The van der Waals surface area contributed by atoms with Gasteiger partial charge in [-0.3, -0.25) is 0 Å². The summed E-state index contributed by atoms with van der Waals surface area (Å²) in [6.45, 7) is 7.80. The van der Waals surface area contributed by atoms with Gasteiger partial charge in [-0.15, -0.1) is 0 Å². The van der Waals surface area contributed by atoms with E-state index in [9.17, 15) is 0 Å². The largest absolute Gasteiger partial charge is 0.384 e. The maximum absolute atomic E-state index is 3.51. The second-order valence-corrected chi connectivity index (χ2v) is 5.57. The second kappa shape index (κ2) is 4.83. The Bertz CT molecular complexity index is 289. The van der Waals surface area contributed by atoms with E-state index >= 15 is 0 Å². The first-order chi connectivity index (χ1) is 6.49. The van der Waals surface area contributed by atoms with Crippen molar-refractivity contribution in [1.29, 1.82) is 0 Å². The van der Waals surface area contributed by atoms with Crippen molar-refractivity contribution in [3.63, 3.8) is 0 Å². The van der Waals surface area contributed by atoms with E-state index in [1.807, 2.05) is 12.1 Å². The van der Waals surface area contributed by atoms with E-state index in [1.54, 1.807) is 0 Å². The van der Waals surface area contributed by atoms with Gasteiger partial charge in [-0.1, -0.05) is 32.9 Å². The van der Waals surface area contributed by atoms with Crippen LogP contribution in [-0.4, -0.2) is 6.54 Å². The molecule has 1 rings (SSSR count). The van der Waals surface area contributed by atoms with Crippen LogP contribution in [0, 0.1) is 5.41 Å². The maximum Gasteiger partial charge on any atom is 0.0484 e. The van der Waals surface area contributed by atoms with Gasteiger partial charge in [0.05, 0.1) is 0 Å². The fraction of sp³-hybridized carbons (Fsp3) is 0.500. The van der Waals surface area contributed by atoms with Gasteiger partial charge in [-0.25, -0.2) is 0 Å². The molecule has 0 unspecified atom stereocenters. The normalized spacial score (nSPS) is 11.4. The molecule has 0 saturated heterocycles. The number of nitrogens with one attached hydrogen (secondary N) is 1. The van der Waals surface area contributed by atoms with E-state index in [2.05, 4.69) is 54.2 Å². The van der Waals surface area contributed by atoms with Crippen molar-refractivity contribution in [2.24, 2.45) is 5.41 Å². The van der Waals surface area contributed by atoms with Crippen molar-refractivity contribution in [2.75, 3.05) is 11.9 Å². The molecule has 0 saturated carbocycles. The highest BCUT2D eigenvalue weighted by Crippen LogP contribution is 2.23. The van der Waals surface area contributed by atoms with Crippen LogP contribution < -0.4 is 5.32 Å². The first kappa shape index (κ1) is 11.6. The third-order valence-electron chi connectivity index (χ3n) is 2.06. The molecule has 1 aromatic rings. The Balaban J connectivity index is 2.43. The standard InChI is InChI=1S/C12H18BrN/c1-12(2,3)8-9-14-11-7-5-4-6-10(11)13/h4-7,14H,8-9H2,1-3H3. The molecule has 0 aromatic heterocycles. The predicted octanol–water partition coefficient (Wildman–Crippen LogP) is 4.30. The van der Waals surface area contributed by atoms with E-state index in [0.29, 0.717) is 5.41 Å². The molecule has 1 nitrogen and oxygen atoms in total. The fourth-order valence-electron chi connectivity index (χ4n) is 1.18. The highest BCUT2D eigenvalue weighted by Gasteiger charge is 2.09. The Morgan fingerprint density at radius 3 is 2.43 bits per heavy atom. The zero-order chi connectivity index (χ0) is 10.6. The van der Waals surface area contributed by atoms with Gasteiger partial charge >= 0.3 is 0 Å². The molecule has 78 valence electrons. The quantitative estimate of drug-likeness (QED) is 0.850. The first-order valence-electron chi connectivity index (χ1n) is 4.97. The van der Waals surface area contributed by atoms with Crippen molar-refractivity contribution in [2.45, 2.75) is 27.2 Å². The van der Waals surface area contributed by atoms with Crippen molar-refractivity contribution in [1.82, 2.24) is 0 Å². The molecule has 0 bridgehead atoms. The first-order valence-corrected chi connectivity index (χ1v) is 5.77. The molecule has 0 heterocycles.